The Balaban J connectivity index is 0.00000480. The third-order valence-electron chi connectivity index (χ3n) is 5.09. The highest BCUT2D eigenvalue weighted by Crippen LogP contribution is 2.32. The predicted molar refractivity (Wildman–Crippen MR) is 136 cm³/mol. The highest BCUT2D eigenvalue weighted by molar-refractivity contribution is 5.90. The van der Waals surface area contributed by atoms with Crippen molar-refractivity contribution in [2.45, 2.75) is 26.7 Å². The Hall–Kier alpha value is -2.01. The Labute approximate surface area is 195 Å². The lowest BCUT2D eigenvalue weighted by atomic mass is 9.91. The fraction of sp³-hybridized carbons (Fsp3) is 0.462. The van der Waals surface area contributed by atoms with E-state index >= 15 is 0 Å². The number of ether oxygens (including phenoxy) is 2. The average Bonchev–Trinajstić information content (AvgIpc) is 2.73. The van der Waals surface area contributed by atoms with Crippen molar-refractivity contribution in [3.8, 4) is 11.5 Å². The molecule has 0 atom stereocenters. The van der Waals surface area contributed by atoms with Gasteiger partial charge >= 0.3 is 0 Å². The second-order valence-electron chi connectivity index (χ2n) is 8.02. The Morgan fingerprint density at radius 3 is 1.19 bits per heavy atom. The molecule has 31 heavy (non-hydrogen) atoms. The quantitative estimate of drug-likeness (QED) is 0.389. The zero-order chi connectivity index (χ0) is 21.9. The first-order valence-corrected chi connectivity index (χ1v) is 10.9. The normalized spacial score (nSPS) is 11.9. The molecule has 2 aromatic carbocycles. The number of rotatable bonds is 12. The van der Waals surface area contributed by atoms with Gasteiger partial charge in [-0.05, 0) is 87.6 Å². The zero-order valence-corrected chi connectivity index (χ0v) is 20.8. The van der Waals surface area contributed by atoms with Gasteiger partial charge in [-0.2, -0.15) is 0 Å². The van der Waals surface area contributed by atoms with Crippen LogP contribution in [-0.2, 0) is 0 Å². The van der Waals surface area contributed by atoms with Crippen LogP contribution < -0.4 is 9.47 Å². The van der Waals surface area contributed by atoms with E-state index in [9.17, 15) is 0 Å². The molecule has 0 aliphatic heterocycles. The summed E-state index contributed by atoms with van der Waals surface area (Å²) in [5.41, 5.74) is 5.30. The summed E-state index contributed by atoms with van der Waals surface area (Å²) >= 11 is 0. The van der Waals surface area contributed by atoms with Crippen molar-refractivity contribution in [3.63, 3.8) is 0 Å². The first-order valence-electron chi connectivity index (χ1n) is 10.9. The largest absolute Gasteiger partial charge is 0.492 e. The molecule has 0 spiro atoms. The highest BCUT2D eigenvalue weighted by atomic mass is 35.5. The molecular formula is C26H39ClN2O2. The van der Waals surface area contributed by atoms with Crippen molar-refractivity contribution in [2.75, 3.05) is 54.5 Å². The van der Waals surface area contributed by atoms with Crippen LogP contribution >= 0.6 is 12.4 Å². The van der Waals surface area contributed by atoms with E-state index in [0.717, 1.165) is 37.4 Å². The summed E-state index contributed by atoms with van der Waals surface area (Å²) in [5, 5.41) is 0. The minimum atomic E-state index is 0. The van der Waals surface area contributed by atoms with Crippen LogP contribution in [0.4, 0.5) is 0 Å². The topological polar surface area (TPSA) is 24.9 Å². The van der Waals surface area contributed by atoms with Crippen LogP contribution in [-0.4, -0.2) is 64.3 Å². The SMILES string of the molecule is CC/C(=C(\CC)c1ccc(OCCN(C)C)cc1)c1ccc(OCCN(C)C)cc1.Cl. The van der Waals surface area contributed by atoms with Gasteiger partial charge in [0.2, 0.25) is 0 Å². The second kappa shape index (κ2) is 14.1. The lowest BCUT2D eigenvalue weighted by Gasteiger charge is -2.16. The van der Waals surface area contributed by atoms with Crippen molar-refractivity contribution in [1.82, 2.24) is 9.80 Å². The summed E-state index contributed by atoms with van der Waals surface area (Å²) in [7, 11) is 8.22. The number of hydrogen-bond acceptors (Lipinski definition) is 4. The maximum atomic E-state index is 5.84. The first-order chi connectivity index (χ1) is 14.4. The molecule has 0 heterocycles. The van der Waals surface area contributed by atoms with Gasteiger partial charge in [0.25, 0.3) is 0 Å². The van der Waals surface area contributed by atoms with Crippen molar-refractivity contribution < 1.29 is 9.47 Å². The van der Waals surface area contributed by atoms with Gasteiger partial charge in [-0.1, -0.05) is 38.1 Å². The molecule has 0 radical (unpaired) electrons. The molecule has 0 aromatic heterocycles. The molecule has 0 aliphatic carbocycles. The van der Waals surface area contributed by atoms with E-state index in [1.54, 1.807) is 0 Å². The molecule has 2 rings (SSSR count). The van der Waals surface area contributed by atoms with Gasteiger partial charge in [0, 0.05) is 13.1 Å². The zero-order valence-electron chi connectivity index (χ0n) is 20.0. The summed E-state index contributed by atoms with van der Waals surface area (Å²) in [6, 6.07) is 17.0. The van der Waals surface area contributed by atoms with Gasteiger partial charge in [-0.25, -0.2) is 0 Å². The van der Waals surface area contributed by atoms with Gasteiger partial charge in [-0.3, -0.25) is 0 Å². The number of allylic oxidation sites excluding steroid dienone is 2. The minimum Gasteiger partial charge on any atom is -0.492 e. The molecule has 0 fully saturated rings. The number of benzene rings is 2. The number of halogens is 1. The standard InChI is InChI=1S/C26H38N2O2.ClH/c1-7-25(21-9-13-23(14-10-21)29-19-17-27(3)4)26(8-2)22-11-15-24(16-12-22)30-20-18-28(5)6;/h9-16H,7-8,17-20H2,1-6H3;1H/b26-25-;. The van der Waals surface area contributed by atoms with Crippen LogP contribution in [0.3, 0.4) is 0 Å². The summed E-state index contributed by atoms with van der Waals surface area (Å²) < 4.78 is 11.7. The van der Waals surface area contributed by atoms with E-state index in [1.807, 2.05) is 0 Å². The van der Waals surface area contributed by atoms with Crippen LogP contribution in [0.1, 0.15) is 37.8 Å². The van der Waals surface area contributed by atoms with Crippen LogP contribution in [0.15, 0.2) is 48.5 Å². The van der Waals surface area contributed by atoms with Crippen molar-refractivity contribution in [3.05, 3.63) is 59.7 Å². The van der Waals surface area contributed by atoms with E-state index in [1.165, 1.54) is 22.3 Å². The summed E-state index contributed by atoms with van der Waals surface area (Å²) in [6.07, 6.45) is 1.98. The Bertz CT molecular complexity index is 717. The van der Waals surface area contributed by atoms with Crippen LogP contribution in [0.2, 0.25) is 0 Å². The Morgan fingerprint density at radius 2 is 0.935 bits per heavy atom. The molecule has 0 amide bonds. The lowest BCUT2D eigenvalue weighted by Crippen LogP contribution is -2.19. The fourth-order valence-electron chi connectivity index (χ4n) is 3.38. The fourth-order valence-corrected chi connectivity index (χ4v) is 3.38. The van der Waals surface area contributed by atoms with E-state index < -0.39 is 0 Å². The molecule has 0 N–H and O–H groups in total. The van der Waals surface area contributed by atoms with E-state index in [-0.39, 0.29) is 12.4 Å². The van der Waals surface area contributed by atoms with Gasteiger partial charge in [0.15, 0.2) is 0 Å². The summed E-state index contributed by atoms with van der Waals surface area (Å²) in [5.74, 6) is 1.85. The Morgan fingerprint density at radius 1 is 0.613 bits per heavy atom. The maximum Gasteiger partial charge on any atom is 0.119 e. The van der Waals surface area contributed by atoms with Crippen LogP contribution in [0.25, 0.3) is 11.1 Å². The number of nitrogens with zero attached hydrogens (tertiary/aromatic N) is 2. The third kappa shape index (κ3) is 8.94. The molecule has 0 bridgehead atoms. The molecule has 172 valence electrons. The van der Waals surface area contributed by atoms with E-state index in [0.29, 0.717) is 13.2 Å². The molecule has 0 saturated heterocycles. The van der Waals surface area contributed by atoms with Crippen molar-refractivity contribution in [2.24, 2.45) is 0 Å². The third-order valence-corrected chi connectivity index (χ3v) is 5.09. The van der Waals surface area contributed by atoms with Gasteiger partial charge in [-0.15, -0.1) is 12.4 Å². The molecule has 4 nitrogen and oxygen atoms in total. The van der Waals surface area contributed by atoms with Crippen LogP contribution in [0.5, 0.6) is 11.5 Å². The molecule has 0 saturated carbocycles. The van der Waals surface area contributed by atoms with Crippen molar-refractivity contribution in [1.29, 1.82) is 0 Å². The minimum absolute atomic E-state index is 0. The van der Waals surface area contributed by atoms with Gasteiger partial charge in [0.1, 0.15) is 24.7 Å². The smallest absolute Gasteiger partial charge is 0.119 e. The van der Waals surface area contributed by atoms with Gasteiger partial charge in [0.05, 0.1) is 0 Å². The molecular weight excluding hydrogens is 408 g/mol. The van der Waals surface area contributed by atoms with Crippen molar-refractivity contribution >= 4 is 23.6 Å². The van der Waals surface area contributed by atoms with Gasteiger partial charge < -0.3 is 19.3 Å². The predicted octanol–water partition coefficient (Wildman–Crippen LogP) is 5.72. The molecule has 5 heteroatoms. The van der Waals surface area contributed by atoms with E-state index in [2.05, 4.69) is 100 Å². The highest BCUT2D eigenvalue weighted by Gasteiger charge is 2.10. The second-order valence-corrected chi connectivity index (χ2v) is 8.02. The van der Waals surface area contributed by atoms with E-state index in [4.69, 9.17) is 9.47 Å². The molecule has 0 aliphatic rings. The monoisotopic (exact) mass is 446 g/mol. The Kier molecular flexibility index (Phi) is 12.3. The molecule has 0 unspecified atom stereocenters. The van der Waals surface area contributed by atoms with Crippen LogP contribution in [0, 0.1) is 0 Å². The number of hydrogen-bond donors (Lipinski definition) is 0. The summed E-state index contributed by atoms with van der Waals surface area (Å²) in [6.45, 7) is 7.68. The maximum absolute atomic E-state index is 5.84. The summed E-state index contributed by atoms with van der Waals surface area (Å²) in [4.78, 5) is 4.25. The number of likely N-dealkylation sites (N-methyl/N-ethyl adjacent to an activating group) is 2. The average molecular weight is 447 g/mol. The first kappa shape index (κ1) is 27.0. The molecule has 2 aromatic rings. The lowest BCUT2D eigenvalue weighted by molar-refractivity contribution is 0.261.